The number of benzene rings is 1. The van der Waals surface area contributed by atoms with Gasteiger partial charge in [0.2, 0.25) is 0 Å². The van der Waals surface area contributed by atoms with Crippen LogP contribution in [0.15, 0.2) is 24.3 Å². The van der Waals surface area contributed by atoms with Crippen LogP contribution in [0.1, 0.15) is 18.4 Å². The van der Waals surface area contributed by atoms with E-state index >= 15 is 0 Å². The Hall–Kier alpha value is -0.980. The zero-order valence-corrected chi connectivity index (χ0v) is 11.5. The Morgan fingerprint density at radius 3 is 2.37 bits per heavy atom. The molecule has 6 heteroatoms. The molecule has 1 aliphatic carbocycles. The van der Waals surface area contributed by atoms with Crippen LogP contribution in [0.2, 0.25) is 0 Å². The van der Waals surface area contributed by atoms with Gasteiger partial charge in [0.25, 0.3) is 0 Å². The van der Waals surface area contributed by atoms with Gasteiger partial charge in [-0.05, 0) is 17.7 Å². The second kappa shape index (κ2) is 4.85. The van der Waals surface area contributed by atoms with Crippen molar-refractivity contribution in [2.75, 3.05) is 18.9 Å². The van der Waals surface area contributed by atoms with Gasteiger partial charge in [-0.1, -0.05) is 19.1 Å². The maximum atomic E-state index is 12.9. The molecule has 1 fully saturated rings. The van der Waals surface area contributed by atoms with Crippen LogP contribution in [-0.4, -0.2) is 37.7 Å². The highest BCUT2D eigenvalue weighted by molar-refractivity contribution is 7.92. The molecule has 0 heterocycles. The average molecular weight is 287 g/mol. The molecule has 3 atom stereocenters. The molecule has 19 heavy (non-hydrogen) atoms. The van der Waals surface area contributed by atoms with E-state index < -0.39 is 20.5 Å². The molecule has 0 unspecified atom stereocenters. The van der Waals surface area contributed by atoms with Crippen molar-refractivity contribution in [2.24, 2.45) is 11.1 Å². The molecule has 0 radical (unpaired) electrons. The minimum atomic E-state index is -3.30. The molecule has 1 aromatic rings. The maximum absolute atomic E-state index is 12.9. The fraction of sp³-hybridized carbons (Fsp3) is 0.538. The summed E-state index contributed by atoms with van der Waals surface area (Å²) in [6.07, 6.45) is 0. The number of hydrogen-bond acceptors (Lipinski definition) is 4. The summed E-state index contributed by atoms with van der Waals surface area (Å²) in [5.41, 5.74) is 5.56. The molecule has 4 nitrogen and oxygen atoms in total. The first-order chi connectivity index (χ1) is 8.93. The van der Waals surface area contributed by atoms with Gasteiger partial charge in [-0.3, -0.25) is 0 Å². The fourth-order valence-corrected chi connectivity index (χ4v) is 5.03. The lowest BCUT2D eigenvalue weighted by Crippen LogP contribution is -2.28. The highest BCUT2D eigenvalue weighted by Crippen LogP contribution is 2.62. The van der Waals surface area contributed by atoms with Crippen LogP contribution in [0.5, 0.6) is 0 Å². The lowest BCUT2D eigenvalue weighted by atomic mass is 10.0. The van der Waals surface area contributed by atoms with Crippen LogP contribution >= 0.6 is 0 Å². The summed E-state index contributed by atoms with van der Waals surface area (Å²) in [7, 11) is -3.30. The van der Waals surface area contributed by atoms with Crippen molar-refractivity contribution in [3.05, 3.63) is 35.6 Å². The number of aliphatic hydroxyl groups is 1. The Balaban J connectivity index is 2.42. The normalized spacial score (nSPS) is 30.3. The van der Waals surface area contributed by atoms with Crippen LogP contribution in [0.25, 0.3) is 0 Å². The van der Waals surface area contributed by atoms with E-state index in [0.717, 1.165) is 0 Å². The van der Waals surface area contributed by atoms with E-state index in [9.17, 15) is 17.9 Å². The monoisotopic (exact) mass is 287 g/mol. The molecule has 106 valence electrons. The number of sulfone groups is 1. The van der Waals surface area contributed by atoms with Crippen molar-refractivity contribution in [1.29, 1.82) is 0 Å². The summed E-state index contributed by atoms with van der Waals surface area (Å²) >= 11 is 0. The summed E-state index contributed by atoms with van der Waals surface area (Å²) in [6, 6.07) is 5.71. The number of rotatable bonds is 5. The van der Waals surface area contributed by atoms with Crippen LogP contribution in [0.3, 0.4) is 0 Å². The third kappa shape index (κ3) is 2.17. The van der Waals surface area contributed by atoms with E-state index in [4.69, 9.17) is 5.73 Å². The Morgan fingerprint density at radius 2 is 1.95 bits per heavy atom. The van der Waals surface area contributed by atoms with Crippen LogP contribution in [0, 0.1) is 11.2 Å². The van der Waals surface area contributed by atoms with E-state index in [0.29, 0.717) is 5.56 Å². The molecule has 3 N–H and O–H groups in total. The number of hydrogen-bond donors (Lipinski definition) is 2. The predicted octanol–water partition coefficient (Wildman–Crippen LogP) is 0.664. The molecular weight excluding hydrogens is 269 g/mol. The van der Waals surface area contributed by atoms with Gasteiger partial charge in [0.1, 0.15) is 5.82 Å². The minimum Gasteiger partial charge on any atom is -0.396 e. The van der Waals surface area contributed by atoms with Crippen molar-refractivity contribution in [1.82, 2.24) is 0 Å². The molecule has 0 bridgehead atoms. The third-order valence-corrected chi connectivity index (χ3v) is 6.39. The van der Waals surface area contributed by atoms with E-state index in [-0.39, 0.29) is 30.6 Å². The van der Waals surface area contributed by atoms with Gasteiger partial charge in [-0.2, -0.15) is 0 Å². The van der Waals surface area contributed by atoms with Crippen LogP contribution in [-0.2, 0) is 9.84 Å². The maximum Gasteiger partial charge on any atom is 0.154 e. The SMILES string of the molecule is CCS(=O)(=O)[C@@H]1[C@H](c2ccc(F)cc2)[C@@]1(CN)CO. The average Bonchev–Trinajstić information content (AvgIpc) is 3.10. The summed E-state index contributed by atoms with van der Waals surface area (Å²) in [6.45, 7) is 1.39. The van der Waals surface area contributed by atoms with Crippen LogP contribution in [0.4, 0.5) is 4.39 Å². The second-order valence-electron chi connectivity index (χ2n) is 5.00. The molecule has 0 spiro atoms. The zero-order chi connectivity index (χ0) is 14.3. The molecule has 0 amide bonds. The van der Waals surface area contributed by atoms with Crippen LogP contribution < -0.4 is 5.73 Å². The molecular formula is C13H18FNO3S. The Bertz CT molecular complexity index is 552. The number of aliphatic hydroxyl groups excluding tert-OH is 1. The topological polar surface area (TPSA) is 80.4 Å². The van der Waals surface area contributed by atoms with Crippen molar-refractivity contribution < 1.29 is 17.9 Å². The predicted molar refractivity (Wildman–Crippen MR) is 71.0 cm³/mol. The zero-order valence-electron chi connectivity index (χ0n) is 10.7. The van der Waals surface area contributed by atoms with E-state index in [1.54, 1.807) is 19.1 Å². The molecule has 0 aromatic heterocycles. The van der Waals surface area contributed by atoms with Crippen molar-refractivity contribution in [3.8, 4) is 0 Å². The molecule has 1 aromatic carbocycles. The van der Waals surface area contributed by atoms with E-state index in [1.165, 1.54) is 12.1 Å². The first-order valence-corrected chi connectivity index (χ1v) is 7.92. The number of nitrogens with two attached hydrogens (primary N) is 1. The number of halogens is 1. The Kier molecular flexibility index (Phi) is 3.68. The van der Waals surface area contributed by atoms with Gasteiger partial charge in [0.15, 0.2) is 9.84 Å². The Morgan fingerprint density at radius 1 is 1.37 bits per heavy atom. The molecule has 0 saturated heterocycles. The van der Waals surface area contributed by atoms with E-state index in [1.807, 2.05) is 0 Å². The summed E-state index contributed by atoms with van der Waals surface area (Å²) in [5.74, 6) is -0.716. The van der Waals surface area contributed by atoms with Crippen molar-refractivity contribution >= 4 is 9.84 Å². The summed E-state index contributed by atoms with van der Waals surface area (Å²) in [5, 5.41) is 8.88. The highest BCUT2D eigenvalue weighted by atomic mass is 32.2. The lowest BCUT2D eigenvalue weighted by molar-refractivity contribution is 0.212. The van der Waals surface area contributed by atoms with Gasteiger partial charge in [-0.25, -0.2) is 12.8 Å². The van der Waals surface area contributed by atoms with Crippen molar-refractivity contribution in [2.45, 2.75) is 18.1 Å². The Labute approximate surface area is 112 Å². The minimum absolute atomic E-state index is 0.0110. The first-order valence-electron chi connectivity index (χ1n) is 6.21. The summed E-state index contributed by atoms with van der Waals surface area (Å²) in [4.78, 5) is 0. The third-order valence-electron chi connectivity index (χ3n) is 4.07. The quantitative estimate of drug-likeness (QED) is 0.834. The fourth-order valence-electron chi connectivity index (χ4n) is 2.87. The van der Waals surface area contributed by atoms with Gasteiger partial charge in [0, 0.05) is 23.6 Å². The van der Waals surface area contributed by atoms with Gasteiger partial charge in [-0.15, -0.1) is 0 Å². The molecule has 1 saturated carbocycles. The van der Waals surface area contributed by atoms with Crippen molar-refractivity contribution in [3.63, 3.8) is 0 Å². The highest BCUT2D eigenvalue weighted by Gasteiger charge is 2.69. The largest absolute Gasteiger partial charge is 0.396 e. The van der Waals surface area contributed by atoms with E-state index in [2.05, 4.69) is 0 Å². The van der Waals surface area contributed by atoms with Gasteiger partial charge >= 0.3 is 0 Å². The second-order valence-corrected chi connectivity index (χ2v) is 7.41. The standard InChI is InChI=1S/C13H18FNO3S/c1-2-19(17,18)12-11(13(12,7-15)8-16)9-3-5-10(14)6-4-9/h3-6,11-12,16H,2,7-8,15H2,1H3/t11-,12+,13+/m0/s1. The molecule has 2 rings (SSSR count). The van der Waals surface area contributed by atoms with Gasteiger partial charge < -0.3 is 10.8 Å². The smallest absolute Gasteiger partial charge is 0.154 e. The summed E-state index contributed by atoms with van der Waals surface area (Å²) < 4.78 is 37.1. The molecule has 0 aliphatic heterocycles. The first kappa shape index (κ1) is 14.4. The van der Waals surface area contributed by atoms with Gasteiger partial charge in [0.05, 0.1) is 11.9 Å². The lowest BCUT2D eigenvalue weighted by Gasteiger charge is -2.11. The molecule has 1 aliphatic rings.